The van der Waals surface area contributed by atoms with Gasteiger partial charge < -0.3 is 15.5 Å². The molecule has 2 rings (SSSR count). The number of likely N-dealkylation sites (tertiary alicyclic amines) is 1. The zero-order valence-electron chi connectivity index (χ0n) is 16.1. The van der Waals surface area contributed by atoms with E-state index in [9.17, 15) is 4.39 Å². The fraction of sp³-hybridized carbons (Fsp3) is 0.632. The first-order chi connectivity index (χ1) is 12.2. The summed E-state index contributed by atoms with van der Waals surface area (Å²) in [6.45, 7) is 7.42. The Morgan fingerprint density at radius 1 is 1.35 bits per heavy atom. The Balaban J connectivity index is 0.00000338. The molecule has 4 nitrogen and oxygen atoms in total. The Bertz CT molecular complexity index is 570. The fourth-order valence-electron chi connectivity index (χ4n) is 3.30. The number of guanidine groups is 1. The van der Waals surface area contributed by atoms with Crippen molar-refractivity contribution in [3.63, 3.8) is 0 Å². The second kappa shape index (κ2) is 12.8. The van der Waals surface area contributed by atoms with Gasteiger partial charge in [0.05, 0.1) is 0 Å². The summed E-state index contributed by atoms with van der Waals surface area (Å²) in [5, 5.41) is 6.80. The third kappa shape index (κ3) is 7.60. The molecule has 1 saturated heterocycles. The van der Waals surface area contributed by atoms with Crippen molar-refractivity contribution in [1.82, 2.24) is 15.5 Å². The van der Waals surface area contributed by atoms with Crippen LogP contribution in [-0.2, 0) is 12.3 Å². The Kier molecular flexibility index (Phi) is 11.5. The normalized spacial score (nSPS) is 17.8. The molecule has 1 heterocycles. The van der Waals surface area contributed by atoms with Crippen LogP contribution in [0.2, 0.25) is 0 Å². The molecule has 0 saturated carbocycles. The maximum Gasteiger partial charge on any atom is 0.191 e. The van der Waals surface area contributed by atoms with Crippen molar-refractivity contribution in [3.8, 4) is 0 Å². The number of hydrogen-bond donors (Lipinski definition) is 2. The second-order valence-corrected chi connectivity index (χ2v) is 7.47. The summed E-state index contributed by atoms with van der Waals surface area (Å²) in [7, 11) is 1.79. The molecular formula is C19H32FIN4S. The number of benzene rings is 1. The SMILES string of the molecule is CCCN1CCC(CNC(=NC)NCc2ccc(F)cc2CSC)C1.I. The van der Waals surface area contributed by atoms with E-state index in [0.29, 0.717) is 12.5 Å². The van der Waals surface area contributed by atoms with Crippen LogP contribution in [0, 0.1) is 11.7 Å². The van der Waals surface area contributed by atoms with Gasteiger partial charge in [0.2, 0.25) is 0 Å². The molecule has 0 spiro atoms. The van der Waals surface area contributed by atoms with Gasteiger partial charge in [-0.2, -0.15) is 11.8 Å². The third-order valence-corrected chi connectivity index (χ3v) is 5.21. The summed E-state index contributed by atoms with van der Waals surface area (Å²) in [6.07, 6.45) is 4.51. The Hall–Kier alpha value is -0.540. The highest BCUT2D eigenvalue weighted by atomic mass is 127. The topological polar surface area (TPSA) is 39.7 Å². The smallest absolute Gasteiger partial charge is 0.191 e. The summed E-state index contributed by atoms with van der Waals surface area (Å²) in [5.74, 6) is 2.14. The number of nitrogens with zero attached hydrogens (tertiary/aromatic N) is 2. The lowest BCUT2D eigenvalue weighted by molar-refractivity contribution is 0.324. The van der Waals surface area contributed by atoms with Crippen molar-refractivity contribution in [2.75, 3.05) is 39.5 Å². The van der Waals surface area contributed by atoms with E-state index in [1.54, 1.807) is 24.9 Å². The van der Waals surface area contributed by atoms with Crippen molar-refractivity contribution < 1.29 is 4.39 Å². The van der Waals surface area contributed by atoms with E-state index in [2.05, 4.69) is 27.4 Å². The highest BCUT2D eigenvalue weighted by molar-refractivity contribution is 14.0. The lowest BCUT2D eigenvalue weighted by Crippen LogP contribution is -2.40. The number of halogens is 2. The van der Waals surface area contributed by atoms with Crippen molar-refractivity contribution in [3.05, 3.63) is 35.1 Å². The lowest BCUT2D eigenvalue weighted by atomic mass is 10.1. The van der Waals surface area contributed by atoms with Gasteiger partial charge in [-0.25, -0.2) is 4.39 Å². The zero-order chi connectivity index (χ0) is 18.1. The Morgan fingerprint density at radius 2 is 2.15 bits per heavy atom. The van der Waals surface area contributed by atoms with E-state index in [1.807, 2.05) is 12.3 Å². The van der Waals surface area contributed by atoms with Crippen molar-refractivity contribution in [1.29, 1.82) is 0 Å². The Morgan fingerprint density at radius 3 is 2.85 bits per heavy atom. The van der Waals surface area contributed by atoms with Gasteiger partial charge in [0.15, 0.2) is 5.96 Å². The molecule has 7 heteroatoms. The van der Waals surface area contributed by atoms with Gasteiger partial charge in [0.25, 0.3) is 0 Å². The van der Waals surface area contributed by atoms with Gasteiger partial charge in [0, 0.05) is 32.4 Å². The number of aliphatic imine (C=N–C) groups is 1. The van der Waals surface area contributed by atoms with Gasteiger partial charge in [-0.3, -0.25) is 4.99 Å². The molecule has 26 heavy (non-hydrogen) atoms. The van der Waals surface area contributed by atoms with E-state index >= 15 is 0 Å². The van der Waals surface area contributed by atoms with Gasteiger partial charge in [-0.05, 0) is 61.4 Å². The average Bonchev–Trinajstić information content (AvgIpc) is 3.05. The number of nitrogens with one attached hydrogen (secondary N) is 2. The van der Waals surface area contributed by atoms with Crippen LogP contribution in [0.4, 0.5) is 4.39 Å². The summed E-state index contributed by atoms with van der Waals surface area (Å²) in [4.78, 5) is 6.85. The maximum atomic E-state index is 13.4. The minimum atomic E-state index is -0.173. The van der Waals surface area contributed by atoms with Crippen LogP contribution in [-0.4, -0.2) is 50.3 Å². The van der Waals surface area contributed by atoms with E-state index < -0.39 is 0 Å². The van der Waals surface area contributed by atoms with Gasteiger partial charge in [-0.1, -0.05) is 13.0 Å². The third-order valence-electron chi connectivity index (χ3n) is 4.61. The van der Waals surface area contributed by atoms with Crippen molar-refractivity contribution >= 4 is 41.7 Å². The molecule has 1 aliphatic rings. The van der Waals surface area contributed by atoms with E-state index in [1.165, 1.54) is 38.5 Å². The molecule has 1 aliphatic heterocycles. The van der Waals surface area contributed by atoms with Crippen LogP contribution in [0.3, 0.4) is 0 Å². The van der Waals surface area contributed by atoms with Gasteiger partial charge in [-0.15, -0.1) is 24.0 Å². The molecule has 1 fully saturated rings. The van der Waals surface area contributed by atoms with Crippen LogP contribution >= 0.6 is 35.7 Å². The summed E-state index contributed by atoms with van der Waals surface area (Å²) < 4.78 is 13.4. The second-order valence-electron chi connectivity index (χ2n) is 6.61. The molecule has 1 aromatic rings. The largest absolute Gasteiger partial charge is 0.356 e. The van der Waals surface area contributed by atoms with Crippen LogP contribution in [0.15, 0.2) is 23.2 Å². The minimum Gasteiger partial charge on any atom is -0.356 e. The molecular weight excluding hydrogens is 462 g/mol. The first-order valence-corrected chi connectivity index (χ1v) is 10.5. The summed E-state index contributed by atoms with van der Waals surface area (Å²) in [6, 6.07) is 5.02. The number of thioether (sulfide) groups is 1. The standard InChI is InChI=1S/C19H31FN4S.HI/c1-4-8-24-9-7-15(13-24)11-22-19(21-2)23-12-16-5-6-18(20)10-17(16)14-25-3;/h5-6,10,15H,4,7-9,11-14H2,1-3H3,(H2,21,22,23);1H. The Labute approximate surface area is 178 Å². The van der Waals surface area contributed by atoms with Gasteiger partial charge in [0.1, 0.15) is 5.82 Å². The molecule has 0 amide bonds. The molecule has 1 atom stereocenters. The number of rotatable bonds is 8. The molecule has 1 aromatic carbocycles. The fourth-order valence-corrected chi connectivity index (χ4v) is 3.88. The monoisotopic (exact) mass is 494 g/mol. The average molecular weight is 494 g/mol. The molecule has 1 unspecified atom stereocenters. The lowest BCUT2D eigenvalue weighted by Gasteiger charge is -2.17. The maximum absolute atomic E-state index is 13.4. The predicted molar refractivity (Wildman–Crippen MR) is 122 cm³/mol. The van der Waals surface area contributed by atoms with E-state index in [4.69, 9.17) is 0 Å². The molecule has 0 bridgehead atoms. The molecule has 2 N–H and O–H groups in total. The molecule has 0 radical (unpaired) electrons. The quantitative estimate of drug-likeness (QED) is 0.329. The highest BCUT2D eigenvalue weighted by Crippen LogP contribution is 2.17. The first-order valence-electron chi connectivity index (χ1n) is 9.09. The van der Waals surface area contributed by atoms with E-state index in [-0.39, 0.29) is 29.8 Å². The zero-order valence-corrected chi connectivity index (χ0v) is 19.2. The number of hydrogen-bond acceptors (Lipinski definition) is 3. The first kappa shape index (κ1) is 23.5. The molecule has 148 valence electrons. The molecule has 0 aliphatic carbocycles. The summed E-state index contributed by atoms with van der Waals surface area (Å²) >= 11 is 1.70. The van der Waals surface area contributed by atoms with E-state index in [0.717, 1.165) is 29.4 Å². The van der Waals surface area contributed by atoms with Gasteiger partial charge >= 0.3 is 0 Å². The van der Waals surface area contributed by atoms with Crippen LogP contribution in [0.25, 0.3) is 0 Å². The van der Waals surface area contributed by atoms with Crippen LogP contribution in [0.5, 0.6) is 0 Å². The van der Waals surface area contributed by atoms with Crippen molar-refractivity contribution in [2.45, 2.75) is 32.1 Å². The van der Waals surface area contributed by atoms with Crippen LogP contribution in [0.1, 0.15) is 30.9 Å². The summed E-state index contributed by atoms with van der Waals surface area (Å²) in [5.41, 5.74) is 2.16. The predicted octanol–water partition coefficient (Wildman–Crippen LogP) is 3.70. The highest BCUT2D eigenvalue weighted by Gasteiger charge is 2.21. The van der Waals surface area contributed by atoms with Crippen LogP contribution < -0.4 is 10.6 Å². The molecule has 0 aromatic heterocycles. The van der Waals surface area contributed by atoms with Crippen molar-refractivity contribution in [2.24, 2.45) is 10.9 Å². The minimum absolute atomic E-state index is 0.